The van der Waals surface area contributed by atoms with Gasteiger partial charge in [-0.2, -0.15) is 0 Å². The van der Waals surface area contributed by atoms with Crippen LogP contribution < -0.4 is 4.72 Å². The van der Waals surface area contributed by atoms with E-state index in [9.17, 15) is 13.2 Å². The molecule has 0 radical (unpaired) electrons. The van der Waals surface area contributed by atoms with E-state index in [0.717, 1.165) is 49.7 Å². The zero-order valence-corrected chi connectivity index (χ0v) is 39.2. The van der Waals surface area contributed by atoms with Crippen LogP contribution in [0.5, 0.6) is 0 Å². The smallest absolute Gasteiger partial charge is 0.310 e. The number of sulfonamides is 1. The minimum absolute atomic E-state index is 0.0508. The number of allylic oxidation sites excluding steroid dienone is 1. The molecule has 5 fully saturated rings. The molecule has 10 heteroatoms. The highest BCUT2D eigenvalue weighted by atomic mass is 32.2. The molecule has 3 saturated carbocycles. The summed E-state index contributed by atoms with van der Waals surface area (Å²) in [6.45, 7) is 21.2. The number of nitrogens with one attached hydrogen (secondary N) is 1. The van der Waals surface area contributed by atoms with E-state index in [1.807, 2.05) is 49.4 Å². The molecular weight excluding hydrogens is 787 g/mol. The summed E-state index contributed by atoms with van der Waals surface area (Å²) in [5, 5.41) is 0. The number of carbonyl (C=O) groups is 1. The van der Waals surface area contributed by atoms with Gasteiger partial charge in [-0.25, -0.2) is 13.1 Å². The second-order valence-corrected chi connectivity index (χ2v) is 23.3. The number of ether oxygens (including phenoxy) is 5. The molecule has 11 atom stereocenters. The summed E-state index contributed by atoms with van der Waals surface area (Å²) in [4.78, 5) is 15.1. The van der Waals surface area contributed by atoms with Gasteiger partial charge in [0, 0.05) is 31.2 Å². The lowest BCUT2D eigenvalue weighted by atomic mass is 9.34. The normalized spacial score (nSPS) is 38.7. The van der Waals surface area contributed by atoms with E-state index in [2.05, 4.69) is 59.3 Å². The minimum atomic E-state index is -3.81. The maximum Gasteiger partial charge on any atom is 0.310 e. The molecule has 2 aliphatic heterocycles. The predicted molar refractivity (Wildman–Crippen MR) is 237 cm³/mol. The van der Waals surface area contributed by atoms with Crippen LogP contribution in [-0.4, -0.2) is 72.3 Å². The first kappa shape index (κ1) is 45.0. The van der Waals surface area contributed by atoms with Gasteiger partial charge in [0.25, 0.3) is 0 Å². The van der Waals surface area contributed by atoms with E-state index >= 15 is 0 Å². The molecule has 9 nitrogen and oxygen atoms in total. The van der Waals surface area contributed by atoms with Gasteiger partial charge in [-0.1, -0.05) is 108 Å². The second-order valence-electron chi connectivity index (χ2n) is 21.6. The van der Waals surface area contributed by atoms with Crippen LogP contribution in [0, 0.1) is 63.6 Å². The van der Waals surface area contributed by atoms with Crippen molar-refractivity contribution >= 4 is 16.0 Å². The third kappa shape index (κ3) is 7.39. The number of aryl methyl sites for hydroxylation is 1. The molecule has 6 aliphatic rings. The van der Waals surface area contributed by atoms with Crippen molar-refractivity contribution in [2.24, 2.45) is 56.7 Å². The van der Waals surface area contributed by atoms with Crippen LogP contribution in [0.15, 0.2) is 71.1 Å². The van der Waals surface area contributed by atoms with Crippen molar-refractivity contribution in [2.45, 2.75) is 136 Å². The standard InChI is InChI=1S/C51H73NO8S/c1-34(2)36(4)46(5)23-24-48(7)39-19-20-42-47(6)31-58-33-51(42,40(39)21-22-49(48,8)43(46)45(53)59-30-37-13-11-10-12-14-37)29-41(56-9)44(47)60-32-50(25-27-57-28-26-50)52-61(54,55)38-17-15-35(3)16-18-38/h10-18,21,34,36,39,41-44,52H,19-20,22-33H2,1-9H3/t36-,39+,41-,42+,43-,44+,46-,47+,48-,49+,51+/m1/s1. The number of benzene rings is 2. The van der Waals surface area contributed by atoms with Gasteiger partial charge in [0.05, 0.1) is 48.4 Å². The highest BCUT2D eigenvalue weighted by Gasteiger charge is 2.72. The summed E-state index contributed by atoms with van der Waals surface area (Å²) in [7, 11) is -2.01. The first-order valence-electron chi connectivity index (χ1n) is 23.2. The number of fused-ring (bicyclic) bond motifs is 3. The van der Waals surface area contributed by atoms with E-state index in [1.54, 1.807) is 19.2 Å². The molecule has 2 saturated heterocycles. The minimum Gasteiger partial charge on any atom is -0.461 e. The van der Waals surface area contributed by atoms with Crippen LogP contribution in [0.25, 0.3) is 0 Å². The number of methoxy groups -OCH3 is 1. The quantitative estimate of drug-likeness (QED) is 0.166. The van der Waals surface area contributed by atoms with Gasteiger partial charge in [-0.15, -0.1) is 0 Å². The fourth-order valence-corrected chi connectivity index (χ4v) is 15.7. The lowest BCUT2D eigenvalue weighted by Gasteiger charge is -2.71. The van der Waals surface area contributed by atoms with Gasteiger partial charge in [0.1, 0.15) is 6.61 Å². The molecule has 0 spiro atoms. The van der Waals surface area contributed by atoms with Crippen LogP contribution in [0.1, 0.15) is 111 Å². The van der Waals surface area contributed by atoms with Crippen molar-refractivity contribution in [3.63, 3.8) is 0 Å². The van der Waals surface area contributed by atoms with Gasteiger partial charge in [-0.05, 0) is 116 Å². The Bertz CT molecular complexity index is 2050. The van der Waals surface area contributed by atoms with E-state index < -0.39 is 15.6 Å². The summed E-state index contributed by atoms with van der Waals surface area (Å²) >= 11 is 0. The molecule has 2 heterocycles. The molecule has 2 aromatic carbocycles. The van der Waals surface area contributed by atoms with Crippen molar-refractivity contribution in [3.8, 4) is 0 Å². The maximum atomic E-state index is 14.9. The number of hydrogen-bond acceptors (Lipinski definition) is 8. The lowest BCUT2D eigenvalue weighted by Crippen LogP contribution is -2.70. The Kier molecular flexibility index (Phi) is 12.1. The third-order valence-electron chi connectivity index (χ3n) is 18.3. The number of esters is 1. The molecule has 0 unspecified atom stereocenters. The van der Waals surface area contributed by atoms with Crippen molar-refractivity contribution in [1.82, 2.24) is 4.72 Å². The average molecular weight is 860 g/mol. The summed E-state index contributed by atoms with van der Waals surface area (Å²) < 4.78 is 63.3. The van der Waals surface area contributed by atoms with Crippen molar-refractivity contribution in [1.29, 1.82) is 0 Å². The highest BCUT2D eigenvalue weighted by molar-refractivity contribution is 7.89. The number of carbonyl (C=O) groups excluding carboxylic acids is 1. The molecular formula is C51H73NO8S. The lowest BCUT2D eigenvalue weighted by molar-refractivity contribution is -0.270. The van der Waals surface area contributed by atoms with E-state index in [-0.39, 0.29) is 69.3 Å². The van der Waals surface area contributed by atoms with Crippen LogP contribution >= 0.6 is 0 Å². The first-order valence-corrected chi connectivity index (χ1v) is 24.7. The topological polar surface area (TPSA) is 109 Å². The van der Waals surface area contributed by atoms with Crippen LogP contribution in [0.2, 0.25) is 0 Å². The van der Waals surface area contributed by atoms with Crippen LogP contribution in [0.4, 0.5) is 0 Å². The molecule has 0 amide bonds. The maximum absolute atomic E-state index is 14.9. The zero-order chi connectivity index (χ0) is 43.6. The SMILES string of the molecule is CO[C@@H]1C[C@@]23COC[C@@](C)([C@@H]2CC[C@H]2C3=CC[C@@]3(C)[C@H](C(=O)OCc4ccccc4)[C@@](C)([C@H](C)C(C)C)CC[C@]23C)[C@H]1OCC1(NS(=O)(=O)c2ccc(C)cc2)CCOCC1. The van der Waals surface area contributed by atoms with Gasteiger partial charge in [-0.3, -0.25) is 4.79 Å². The molecule has 0 aromatic heterocycles. The Morgan fingerprint density at radius 3 is 2.26 bits per heavy atom. The fraction of sp³-hybridized carbons (Fsp3) is 0.706. The van der Waals surface area contributed by atoms with E-state index in [1.165, 1.54) is 5.57 Å². The van der Waals surface area contributed by atoms with Gasteiger partial charge in [0.2, 0.25) is 10.0 Å². The first-order chi connectivity index (χ1) is 28.9. The summed E-state index contributed by atoms with van der Waals surface area (Å²) in [6, 6.07) is 17.1. The molecule has 1 N–H and O–H groups in total. The Hall–Kier alpha value is -2.60. The van der Waals surface area contributed by atoms with Gasteiger partial charge >= 0.3 is 5.97 Å². The Morgan fingerprint density at radius 1 is 0.885 bits per heavy atom. The monoisotopic (exact) mass is 860 g/mol. The number of hydrogen-bond donors (Lipinski definition) is 1. The average Bonchev–Trinajstić information content (AvgIpc) is 3.23. The zero-order valence-electron chi connectivity index (χ0n) is 38.4. The Balaban J connectivity index is 1.10. The third-order valence-corrected chi connectivity index (χ3v) is 19.9. The van der Waals surface area contributed by atoms with E-state index in [0.29, 0.717) is 62.9 Å². The predicted octanol–water partition coefficient (Wildman–Crippen LogP) is 9.47. The largest absolute Gasteiger partial charge is 0.461 e. The van der Waals surface area contributed by atoms with Gasteiger partial charge < -0.3 is 23.7 Å². The van der Waals surface area contributed by atoms with Crippen molar-refractivity contribution in [2.75, 3.05) is 40.1 Å². The fourth-order valence-electron chi connectivity index (χ4n) is 14.2. The van der Waals surface area contributed by atoms with E-state index in [4.69, 9.17) is 23.7 Å². The molecule has 336 valence electrons. The van der Waals surface area contributed by atoms with Crippen LogP contribution in [-0.2, 0) is 45.1 Å². The summed E-state index contributed by atoms with van der Waals surface area (Å²) in [5.74, 6) is 1.07. The molecule has 8 rings (SSSR count). The second kappa shape index (κ2) is 16.4. The summed E-state index contributed by atoms with van der Waals surface area (Å²) in [6.07, 6.45) is 8.80. The molecule has 61 heavy (non-hydrogen) atoms. The Labute approximate surface area is 366 Å². The van der Waals surface area contributed by atoms with Crippen LogP contribution in [0.3, 0.4) is 0 Å². The van der Waals surface area contributed by atoms with Crippen molar-refractivity contribution < 1.29 is 36.9 Å². The molecule has 2 aromatic rings. The molecule has 4 aliphatic carbocycles. The summed E-state index contributed by atoms with van der Waals surface area (Å²) in [5.41, 5.74) is 1.48. The number of rotatable bonds is 12. The molecule has 2 bridgehead atoms. The highest BCUT2D eigenvalue weighted by Crippen LogP contribution is 2.75. The van der Waals surface area contributed by atoms with Gasteiger partial charge in [0.15, 0.2) is 0 Å². The van der Waals surface area contributed by atoms with Crippen molar-refractivity contribution in [3.05, 3.63) is 77.4 Å². The Morgan fingerprint density at radius 2 is 1.59 bits per heavy atom.